The van der Waals surface area contributed by atoms with Gasteiger partial charge in [-0.15, -0.1) is 0 Å². The van der Waals surface area contributed by atoms with E-state index in [1.54, 1.807) is 0 Å². The summed E-state index contributed by atoms with van der Waals surface area (Å²) in [6, 6.07) is 0. The molecule has 80 valence electrons. The van der Waals surface area contributed by atoms with Crippen molar-refractivity contribution in [3.8, 4) is 0 Å². The van der Waals surface area contributed by atoms with Crippen molar-refractivity contribution in [1.82, 2.24) is 0 Å². The summed E-state index contributed by atoms with van der Waals surface area (Å²) in [5.41, 5.74) is 0. The van der Waals surface area contributed by atoms with E-state index < -0.39 is 0 Å². The predicted octanol–water partition coefficient (Wildman–Crippen LogP) is 3.20. The maximum atomic E-state index is 10.6. The molecule has 0 aromatic carbocycles. The molecule has 0 aliphatic rings. The SMILES string of the molecule is CCCC(=O)CCC.CCOCC. The lowest BCUT2D eigenvalue weighted by molar-refractivity contribution is -0.119. The van der Waals surface area contributed by atoms with Crippen LogP contribution >= 0.6 is 0 Å². The molecule has 0 fully saturated rings. The summed E-state index contributed by atoms with van der Waals surface area (Å²) in [4.78, 5) is 10.6. The normalized spacial score (nSPS) is 8.92. The zero-order valence-corrected chi connectivity index (χ0v) is 9.56. The van der Waals surface area contributed by atoms with Gasteiger partial charge < -0.3 is 4.74 Å². The minimum atomic E-state index is 0.412. The van der Waals surface area contributed by atoms with E-state index in [0.717, 1.165) is 38.9 Å². The zero-order valence-electron chi connectivity index (χ0n) is 9.56. The van der Waals surface area contributed by atoms with Gasteiger partial charge in [-0.2, -0.15) is 0 Å². The summed E-state index contributed by atoms with van der Waals surface area (Å²) >= 11 is 0. The van der Waals surface area contributed by atoms with Crippen LogP contribution in [0.25, 0.3) is 0 Å². The first kappa shape index (κ1) is 15.1. The van der Waals surface area contributed by atoms with Crippen LogP contribution < -0.4 is 0 Å². The number of ether oxygens (including phenoxy) is 1. The Hall–Kier alpha value is -0.370. The zero-order chi connectivity index (χ0) is 10.5. The molecule has 2 nitrogen and oxygen atoms in total. The summed E-state index contributed by atoms with van der Waals surface area (Å²) in [5.74, 6) is 0.412. The van der Waals surface area contributed by atoms with Crippen LogP contribution in [0.3, 0.4) is 0 Å². The molecule has 0 radical (unpaired) electrons. The molecule has 0 saturated carbocycles. The maximum absolute atomic E-state index is 10.6. The Morgan fingerprint density at radius 3 is 1.46 bits per heavy atom. The molecule has 0 bridgehead atoms. The minimum Gasteiger partial charge on any atom is -0.382 e. The first-order valence-electron chi connectivity index (χ1n) is 5.32. The average molecular weight is 188 g/mol. The third-order valence-corrected chi connectivity index (χ3v) is 1.47. The first-order valence-corrected chi connectivity index (χ1v) is 5.32. The van der Waals surface area contributed by atoms with Crippen molar-refractivity contribution < 1.29 is 9.53 Å². The van der Waals surface area contributed by atoms with Gasteiger partial charge in [-0.1, -0.05) is 13.8 Å². The Morgan fingerprint density at radius 2 is 1.31 bits per heavy atom. The number of carbonyl (C=O) groups is 1. The van der Waals surface area contributed by atoms with Gasteiger partial charge >= 0.3 is 0 Å². The van der Waals surface area contributed by atoms with Crippen LogP contribution in [0.4, 0.5) is 0 Å². The number of hydrogen-bond donors (Lipinski definition) is 0. The van der Waals surface area contributed by atoms with Crippen LogP contribution in [0.5, 0.6) is 0 Å². The van der Waals surface area contributed by atoms with Crippen LogP contribution in [-0.4, -0.2) is 19.0 Å². The topological polar surface area (TPSA) is 26.3 Å². The predicted molar refractivity (Wildman–Crippen MR) is 57.0 cm³/mol. The van der Waals surface area contributed by atoms with Gasteiger partial charge in [0.05, 0.1) is 0 Å². The molecule has 2 heteroatoms. The quantitative estimate of drug-likeness (QED) is 0.640. The van der Waals surface area contributed by atoms with Gasteiger partial charge in [-0.25, -0.2) is 0 Å². The van der Waals surface area contributed by atoms with Crippen LogP contribution in [0.1, 0.15) is 53.4 Å². The van der Waals surface area contributed by atoms with E-state index in [-0.39, 0.29) is 0 Å². The van der Waals surface area contributed by atoms with Gasteiger partial charge in [0.25, 0.3) is 0 Å². The fraction of sp³-hybridized carbons (Fsp3) is 0.909. The summed E-state index contributed by atoms with van der Waals surface area (Å²) in [7, 11) is 0. The van der Waals surface area contributed by atoms with Crippen LogP contribution in [0.2, 0.25) is 0 Å². The second kappa shape index (κ2) is 14.2. The lowest BCUT2D eigenvalue weighted by Gasteiger charge is -1.91. The Balaban J connectivity index is 0. The molecule has 0 atom stereocenters. The van der Waals surface area contributed by atoms with E-state index in [1.807, 2.05) is 27.7 Å². The molecule has 0 amide bonds. The van der Waals surface area contributed by atoms with Crippen molar-refractivity contribution >= 4 is 5.78 Å². The van der Waals surface area contributed by atoms with Gasteiger partial charge in [0.15, 0.2) is 0 Å². The fourth-order valence-corrected chi connectivity index (χ4v) is 0.887. The van der Waals surface area contributed by atoms with E-state index in [1.165, 1.54) is 0 Å². The van der Waals surface area contributed by atoms with E-state index in [4.69, 9.17) is 4.74 Å². The van der Waals surface area contributed by atoms with Gasteiger partial charge in [0.1, 0.15) is 5.78 Å². The highest BCUT2D eigenvalue weighted by Gasteiger charge is 1.94. The lowest BCUT2D eigenvalue weighted by atomic mass is 10.1. The van der Waals surface area contributed by atoms with E-state index in [0.29, 0.717) is 5.78 Å². The third-order valence-electron chi connectivity index (χ3n) is 1.47. The number of ketones is 1. The number of carbonyl (C=O) groups excluding carboxylic acids is 1. The van der Waals surface area contributed by atoms with Crippen molar-refractivity contribution in [2.24, 2.45) is 0 Å². The Morgan fingerprint density at radius 1 is 0.923 bits per heavy atom. The number of Topliss-reactive ketones (excluding diaryl/α,β-unsaturated/α-hetero) is 1. The van der Waals surface area contributed by atoms with Gasteiger partial charge in [0.2, 0.25) is 0 Å². The Kier molecular flexibility index (Phi) is 16.5. The molecule has 0 aromatic heterocycles. The Labute approximate surface area is 82.7 Å². The molecule has 0 rings (SSSR count). The third kappa shape index (κ3) is 18.5. The number of rotatable bonds is 6. The highest BCUT2D eigenvalue weighted by molar-refractivity contribution is 5.78. The smallest absolute Gasteiger partial charge is 0.132 e. The van der Waals surface area contributed by atoms with E-state index >= 15 is 0 Å². The van der Waals surface area contributed by atoms with Crippen molar-refractivity contribution in [2.75, 3.05) is 13.2 Å². The number of hydrogen-bond acceptors (Lipinski definition) is 2. The van der Waals surface area contributed by atoms with Crippen molar-refractivity contribution in [3.63, 3.8) is 0 Å². The fourth-order valence-electron chi connectivity index (χ4n) is 0.887. The summed E-state index contributed by atoms with van der Waals surface area (Å²) < 4.78 is 4.83. The molecule has 0 unspecified atom stereocenters. The van der Waals surface area contributed by atoms with E-state index in [2.05, 4.69) is 0 Å². The molecule has 13 heavy (non-hydrogen) atoms. The van der Waals surface area contributed by atoms with Crippen molar-refractivity contribution in [3.05, 3.63) is 0 Å². The molecule has 0 aliphatic heterocycles. The largest absolute Gasteiger partial charge is 0.382 e. The molecule has 0 heterocycles. The van der Waals surface area contributed by atoms with Gasteiger partial charge in [-0.3, -0.25) is 4.79 Å². The van der Waals surface area contributed by atoms with Crippen molar-refractivity contribution in [2.45, 2.75) is 53.4 Å². The molecule has 0 N–H and O–H groups in total. The molecule has 0 aromatic rings. The molecule has 0 spiro atoms. The van der Waals surface area contributed by atoms with Crippen LogP contribution in [-0.2, 0) is 9.53 Å². The molecular formula is C11H24O2. The van der Waals surface area contributed by atoms with Gasteiger partial charge in [-0.05, 0) is 26.7 Å². The standard InChI is InChI=1S/C7H14O.C4H10O/c1-3-5-7(8)6-4-2;1-3-5-4-2/h3-6H2,1-2H3;3-4H2,1-2H3. The van der Waals surface area contributed by atoms with Crippen LogP contribution in [0, 0.1) is 0 Å². The first-order chi connectivity index (χ1) is 6.22. The molecule has 0 aliphatic carbocycles. The summed E-state index contributed by atoms with van der Waals surface area (Å²) in [6.45, 7) is 9.74. The van der Waals surface area contributed by atoms with Gasteiger partial charge in [0, 0.05) is 26.1 Å². The maximum Gasteiger partial charge on any atom is 0.132 e. The molecule has 0 saturated heterocycles. The average Bonchev–Trinajstić information content (AvgIpc) is 2.08. The second-order valence-electron chi connectivity index (χ2n) is 2.82. The summed E-state index contributed by atoms with van der Waals surface area (Å²) in [5, 5.41) is 0. The second-order valence-corrected chi connectivity index (χ2v) is 2.82. The highest BCUT2D eigenvalue weighted by Crippen LogP contribution is 1.95. The van der Waals surface area contributed by atoms with E-state index in [9.17, 15) is 4.79 Å². The minimum absolute atomic E-state index is 0.412. The highest BCUT2D eigenvalue weighted by atomic mass is 16.5. The van der Waals surface area contributed by atoms with Crippen LogP contribution in [0.15, 0.2) is 0 Å². The summed E-state index contributed by atoms with van der Waals surface area (Å²) in [6.07, 6.45) is 3.54. The molecular weight excluding hydrogens is 164 g/mol. The monoisotopic (exact) mass is 188 g/mol. The lowest BCUT2D eigenvalue weighted by Crippen LogP contribution is -1.93. The Bertz CT molecular complexity index is 90.3. The van der Waals surface area contributed by atoms with Crippen molar-refractivity contribution in [1.29, 1.82) is 0 Å².